The van der Waals surface area contributed by atoms with Crippen molar-refractivity contribution in [3.63, 3.8) is 0 Å². The number of unbranched alkanes of at least 4 members (excludes halogenated alkanes) is 2. The zero-order valence-electron chi connectivity index (χ0n) is 11.5. The van der Waals surface area contributed by atoms with Crippen LogP contribution in [0.15, 0.2) is 18.2 Å². The third kappa shape index (κ3) is 6.34. The lowest BCUT2D eigenvalue weighted by Gasteiger charge is -2.08. The quantitative estimate of drug-likeness (QED) is 0.689. The molecule has 0 aliphatic heterocycles. The van der Waals surface area contributed by atoms with Gasteiger partial charge in [0.1, 0.15) is 17.3 Å². The molecule has 0 heterocycles. The largest absolute Gasteiger partial charge is 0.320 e. The number of anilines is 1. The topological polar surface area (TPSA) is 41.1 Å². The molecule has 2 N–H and O–H groups in total. The van der Waals surface area contributed by atoms with Crippen molar-refractivity contribution in [2.75, 3.05) is 30.4 Å². The molecule has 0 saturated carbocycles. The Morgan fingerprint density at radius 3 is 2.55 bits per heavy atom. The van der Waals surface area contributed by atoms with Crippen LogP contribution in [0.2, 0.25) is 0 Å². The molecule has 0 unspecified atom stereocenters. The maximum absolute atomic E-state index is 13.3. The third-order valence-electron chi connectivity index (χ3n) is 2.71. The number of amides is 1. The fourth-order valence-corrected chi connectivity index (χ4v) is 2.17. The van der Waals surface area contributed by atoms with Crippen LogP contribution < -0.4 is 10.6 Å². The van der Waals surface area contributed by atoms with Gasteiger partial charge in [0, 0.05) is 0 Å². The van der Waals surface area contributed by atoms with Crippen LogP contribution >= 0.6 is 11.8 Å². The zero-order valence-corrected chi connectivity index (χ0v) is 12.4. The lowest BCUT2D eigenvalue weighted by molar-refractivity contribution is -0.115. The summed E-state index contributed by atoms with van der Waals surface area (Å²) in [5.74, 6) is -0.837. The molecule has 0 fully saturated rings. The second-order valence-corrected chi connectivity index (χ2v) is 5.36. The molecule has 0 aliphatic carbocycles. The van der Waals surface area contributed by atoms with Crippen LogP contribution in [0.25, 0.3) is 0 Å². The Balaban J connectivity index is 2.21. The van der Waals surface area contributed by atoms with Gasteiger partial charge < -0.3 is 10.6 Å². The van der Waals surface area contributed by atoms with Crippen LogP contribution in [0.3, 0.4) is 0 Å². The average Bonchev–Trinajstić information content (AvgIpc) is 2.42. The molecule has 1 rings (SSSR count). The number of rotatable bonds is 9. The second kappa shape index (κ2) is 9.72. The minimum Gasteiger partial charge on any atom is -0.320 e. The number of carbonyl (C=O) groups excluding carboxylic acids is 1. The van der Waals surface area contributed by atoms with Crippen LogP contribution in [-0.2, 0) is 4.79 Å². The highest BCUT2D eigenvalue weighted by molar-refractivity contribution is 7.98. The first-order chi connectivity index (χ1) is 9.65. The summed E-state index contributed by atoms with van der Waals surface area (Å²) in [7, 11) is 0. The summed E-state index contributed by atoms with van der Waals surface area (Å²) in [6.07, 6.45) is 5.33. The van der Waals surface area contributed by atoms with Crippen molar-refractivity contribution in [2.24, 2.45) is 0 Å². The highest BCUT2D eigenvalue weighted by Gasteiger charge is 2.11. The molecule has 0 atom stereocenters. The Morgan fingerprint density at radius 2 is 1.90 bits per heavy atom. The number of para-hydroxylation sites is 1. The van der Waals surface area contributed by atoms with E-state index in [4.69, 9.17) is 0 Å². The number of hydrogen-bond donors (Lipinski definition) is 2. The van der Waals surface area contributed by atoms with E-state index in [2.05, 4.69) is 16.9 Å². The molecule has 1 aromatic rings. The van der Waals surface area contributed by atoms with E-state index >= 15 is 0 Å². The van der Waals surface area contributed by atoms with Crippen LogP contribution in [-0.4, -0.2) is 31.0 Å². The molecule has 0 aliphatic rings. The van der Waals surface area contributed by atoms with Crippen LogP contribution in [0.4, 0.5) is 14.5 Å². The highest BCUT2D eigenvalue weighted by Crippen LogP contribution is 2.17. The number of hydrogen-bond acceptors (Lipinski definition) is 3. The summed E-state index contributed by atoms with van der Waals surface area (Å²) in [5, 5.41) is 5.19. The summed E-state index contributed by atoms with van der Waals surface area (Å²) in [6, 6.07) is 3.48. The Hall–Kier alpha value is -1.14. The number of carbonyl (C=O) groups is 1. The Morgan fingerprint density at radius 1 is 1.20 bits per heavy atom. The number of halogens is 2. The van der Waals surface area contributed by atoms with Crippen molar-refractivity contribution in [3.05, 3.63) is 29.8 Å². The third-order valence-corrected chi connectivity index (χ3v) is 3.41. The second-order valence-electron chi connectivity index (χ2n) is 4.38. The van der Waals surface area contributed by atoms with Gasteiger partial charge in [0.2, 0.25) is 5.91 Å². The molecule has 3 nitrogen and oxygen atoms in total. The molecule has 0 spiro atoms. The Bertz CT molecular complexity index is 409. The van der Waals surface area contributed by atoms with Crippen molar-refractivity contribution in [3.8, 4) is 0 Å². The molecular formula is C14H20F2N2OS. The minimum absolute atomic E-state index is 0.0519. The van der Waals surface area contributed by atoms with Crippen LogP contribution in [0.5, 0.6) is 0 Å². The van der Waals surface area contributed by atoms with Crippen molar-refractivity contribution in [2.45, 2.75) is 19.3 Å². The van der Waals surface area contributed by atoms with Gasteiger partial charge in [0.05, 0.1) is 6.54 Å². The smallest absolute Gasteiger partial charge is 0.238 e. The lowest BCUT2D eigenvalue weighted by atomic mass is 10.2. The van der Waals surface area contributed by atoms with Gasteiger partial charge in [-0.3, -0.25) is 4.79 Å². The number of nitrogens with one attached hydrogen (secondary N) is 2. The Labute approximate surface area is 122 Å². The average molecular weight is 302 g/mol. The summed E-state index contributed by atoms with van der Waals surface area (Å²) < 4.78 is 26.6. The molecule has 112 valence electrons. The summed E-state index contributed by atoms with van der Waals surface area (Å²) in [6.45, 7) is 0.776. The van der Waals surface area contributed by atoms with E-state index in [1.54, 1.807) is 0 Å². The molecule has 6 heteroatoms. The van der Waals surface area contributed by atoms with Gasteiger partial charge in [-0.25, -0.2) is 8.78 Å². The normalized spacial score (nSPS) is 10.6. The summed E-state index contributed by atoms with van der Waals surface area (Å²) in [4.78, 5) is 11.5. The molecule has 20 heavy (non-hydrogen) atoms. The molecule has 1 amide bonds. The van der Waals surface area contributed by atoms with E-state index in [0.717, 1.165) is 43.7 Å². The van der Waals surface area contributed by atoms with E-state index in [0.29, 0.717) is 0 Å². The summed E-state index contributed by atoms with van der Waals surface area (Å²) in [5.41, 5.74) is -0.390. The lowest BCUT2D eigenvalue weighted by Crippen LogP contribution is -2.29. The van der Waals surface area contributed by atoms with Crippen molar-refractivity contribution >= 4 is 23.4 Å². The van der Waals surface area contributed by atoms with Gasteiger partial charge in [-0.15, -0.1) is 0 Å². The monoisotopic (exact) mass is 302 g/mol. The van der Waals surface area contributed by atoms with E-state index < -0.39 is 17.5 Å². The standard InChI is InChI=1S/C14H20F2N2OS/c1-20-9-4-2-3-8-17-10-13(19)18-14-11(15)6-5-7-12(14)16/h5-7,17H,2-4,8-10H2,1H3,(H,18,19). The van der Waals surface area contributed by atoms with Crippen molar-refractivity contribution < 1.29 is 13.6 Å². The maximum Gasteiger partial charge on any atom is 0.238 e. The zero-order chi connectivity index (χ0) is 14.8. The van der Waals surface area contributed by atoms with E-state index in [-0.39, 0.29) is 12.2 Å². The van der Waals surface area contributed by atoms with Gasteiger partial charge >= 0.3 is 0 Å². The molecule has 1 aromatic carbocycles. The molecule has 0 saturated heterocycles. The maximum atomic E-state index is 13.3. The molecule has 0 bridgehead atoms. The predicted octanol–water partition coefficient (Wildman–Crippen LogP) is 3.03. The first-order valence-corrected chi connectivity index (χ1v) is 7.98. The number of benzene rings is 1. The van der Waals surface area contributed by atoms with Crippen LogP contribution in [0.1, 0.15) is 19.3 Å². The highest BCUT2D eigenvalue weighted by atomic mass is 32.2. The van der Waals surface area contributed by atoms with Crippen molar-refractivity contribution in [1.29, 1.82) is 0 Å². The minimum atomic E-state index is -0.768. The summed E-state index contributed by atoms with van der Waals surface area (Å²) >= 11 is 1.82. The SMILES string of the molecule is CSCCCCCNCC(=O)Nc1c(F)cccc1F. The molecular weight excluding hydrogens is 282 g/mol. The fraction of sp³-hybridized carbons (Fsp3) is 0.500. The fourth-order valence-electron chi connectivity index (χ4n) is 1.68. The first kappa shape index (κ1) is 16.9. The molecule has 0 radical (unpaired) electrons. The van der Waals surface area contributed by atoms with Gasteiger partial charge in [-0.2, -0.15) is 11.8 Å². The van der Waals surface area contributed by atoms with Gasteiger partial charge in [-0.1, -0.05) is 12.5 Å². The molecule has 0 aromatic heterocycles. The van der Waals surface area contributed by atoms with Gasteiger partial charge in [-0.05, 0) is 43.5 Å². The first-order valence-electron chi connectivity index (χ1n) is 6.58. The van der Waals surface area contributed by atoms with Gasteiger partial charge in [0.15, 0.2) is 0 Å². The van der Waals surface area contributed by atoms with E-state index in [1.807, 2.05) is 11.8 Å². The van der Waals surface area contributed by atoms with E-state index in [1.165, 1.54) is 6.07 Å². The predicted molar refractivity (Wildman–Crippen MR) is 80.1 cm³/mol. The van der Waals surface area contributed by atoms with Gasteiger partial charge in [0.25, 0.3) is 0 Å². The van der Waals surface area contributed by atoms with Crippen LogP contribution in [0, 0.1) is 11.6 Å². The Kier molecular flexibility index (Phi) is 8.22. The van der Waals surface area contributed by atoms with Crippen molar-refractivity contribution in [1.82, 2.24) is 5.32 Å². The van der Waals surface area contributed by atoms with E-state index in [9.17, 15) is 13.6 Å². The number of thioether (sulfide) groups is 1.